The number of allylic oxidation sites excluding steroid dienone is 2. The van der Waals surface area contributed by atoms with Gasteiger partial charge in [0, 0.05) is 5.56 Å². The Morgan fingerprint density at radius 3 is 2.17 bits per heavy atom. The van der Waals surface area contributed by atoms with E-state index in [9.17, 15) is 0 Å². The number of hydrogen-bond acceptors (Lipinski definition) is 3. The molecular formula is C27H40N2O. The first-order chi connectivity index (χ1) is 14.8. The number of hydrogen-bond donors (Lipinski definition) is 0. The molecule has 164 valence electrons. The molecule has 2 rings (SSSR count). The first-order valence-electron chi connectivity index (χ1n) is 12.0. The molecule has 1 aromatic carbocycles. The zero-order valence-corrected chi connectivity index (χ0v) is 19.1. The fraction of sp³-hybridized carbons (Fsp3) is 0.556. The Morgan fingerprint density at radius 1 is 0.800 bits per heavy atom. The first-order valence-corrected chi connectivity index (χ1v) is 12.0. The summed E-state index contributed by atoms with van der Waals surface area (Å²) in [4.78, 5) is 8.97. The summed E-state index contributed by atoms with van der Waals surface area (Å²) in [7, 11) is 0. The van der Waals surface area contributed by atoms with E-state index in [1.54, 1.807) is 12.4 Å². The molecule has 0 amide bonds. The van der Waals surface area contributed by atoms with E-state index in [4.69, 9.17) is 4.74 Å². The van der Waals surface area contributed by atoms with Crippen molar-refractivity contribution in [3.8, 4) is 17.1 Å². The lowest BCUT2D eigenvalue weighted by Gasteiger charge is -2.07. The van der Waals surface area contributed by atoms with Crippen LogP contribution in [-0.4, -0.2) is 16.6 Å². The number of unbranched alkanes of at least 4 members (excludes halogenated alkanes) is 9. The minimum atomic E-state index is 0.728. The summed E-state index contributed by atoms with van der Waals surface area (Å²) in [5.41, 5.74) is 2.47. The Morgan fingerprint density at radius 2 is 1.47 bits per heavy atom. The van der Waals surface area contributed by atoms with Crippen molar-refractivity contribution in [2.75, 3.05) is 6.61 Å². The molecule has 0 saturated carbocycles. The van der Waals surface area contributed by atoms with Gasteiger partial charge in [-0.25, -0.2) is 9.97 Å². The van der Waals surface area contributed by atoms with Gasteiger partial charge in [-0.2, -0.15) is 0 Å². The Kier molecular flexibility index (Phi) is 12.6. The lowest BCUT2D eigenvalue weighted by molar-refractivity contribution is 0.303. The maximum Gasteiger partial charge on any atom is 0.159 e. The van der Waals surface area contributed by atoms with Crippen molar-refractivity contribution < 1.29 is 4.74 Å². The van der Waals surface area contributed by atoms with Crippen LogP contribution in [0, 0.1) is 0 Å². The van der Waals surface area contributed by atoms with Gasteiger partial charge in [0.15, 0.2) is 11.6 Å². The molecule has 0 aliphatic rings. The quantitative estimate of drug-likeness (QED) is 0.209. The fourth-order valence-corrected chi connectivity index (χ4v) is 3.54. The molecule has 1 aromatic heterocycles. The van der Waals surface area contributed by atoms with E-state index in [2.05, 4.69) is 60.2 Å². The monoisotopic (exact) mass is 408 g/mol. The van der Waals surface area contributed by atoms with E-state index in [0.29, 0.717) is 0 Å². The van der Waals surface area contributed by atoms with Crippen molar-refractivity contribution in [1.82, 2.24) is 9.97 Å². The summed E-state index contributed by atoms with van der Waals surface area (Å²) in [5.74, 6) is 1.51. The largest absolute Gasteiger partial charge is 0.490 e. The highest BCUT2D eigenvalue weighted by molar-refractivity contribution is 5.55. The highest BCUT2D eigenvalue weighted by Gasteiger charge is 2.03. The predicted octanol–water partition coefficient (Wildman–Crippen LogP) is 7.95. The van der Waals surface area contributed by atoms with Crippen LogP contribution in [-0.2, 0) is 6.42 Å². The molecule has 0 fully saturated rings. The maximum absolute atomic E-state index is 5.77. The SMILES string of the molecule is C/C=C/CCCCCOc1cnc(-c2ccc(CCCCCCCCC)cc2)nc1. The van der Waals surface area contributed by atoms with Gasteiger partial charge in [-0.05, 0) is 51.0 Å². The lowest BCUT2D eigenvalue weighted by atomic mass is 10.0. The zero-order valence-electron chi connectivity index (χ0n) is 19.1. The Bertz CT molecular complexity index is 692. The number of aromatic nitrogens is 2. The number of nitrogens with zero attached hydrogens (tertiary/aromatic N) is 2. The molecule has 0 spiro atoms. The van der Waals surface area contributed by atoms with Gasteiger partial charge in [0.05, 0.1) is 19.0 Å². The molecule has 0 aliphatic heterocycles. The normalized spacial score (nSPS) is 11.3. The summed E-state index contributed by atoms with van der Waals surface area (Å²) in [6.45, 7) is 5.07. The van der Waals surface area contributed by atoms with Crippen LogP contribution in [0.25, 0.3) is 11.4 Å². The van der Waals surface area contributed by atoms with E-state index in [0.717, 1.165) is 43.0 Å². The average molecular weight is 409 g/mol. The second-order valence-electron chi connectivity index (χ2n) is 8.08. The van der Waals surface area contributed by atoms with Crippen molar-refractivity contribution in [2.24, 2.45) is 0 Å². The van der Waals surface area contributed by atoms with Gasteiger partial charge in [0.1, 0.15) is 0 Å². The minimum Gasteiger partial charge on any atom is -0.490 e. The van der Waals surface area contributed by atoms with Crippen molar-refractivity contribution in [2.45, 2.75) is 90.9 Å². The Hall–Kier alpha value is -2.16. The minimum absolute atomic E-state index is 0.728. The molecule has 2 aromatic rings. The standard InChI is InChI=1S/C27H40N2O/c1-3-5-7-9-11-12-14-16-24-17-19-25(20-18-24)27-28-22-26(23-29-27)30-21-15-13-10-8-6-4-2/h4,6,17-20,22-23H,3,5,7-16,21H2,1-2H3/b6-4+. The molecule has 0 radical (unpaired) electrons. The third-order valence-electron chi connectivity index (χ3n) is 5.43. The van der Waals surface area contributed by atoms with Gasteiger partial charge in [-0.1, -0.05) is 81.9 Å². The Balaban J connectivity index is 1.67. The molecule has 0 saturated heterocycles. The molecule has 30 heavy (non-hydrogen) atoms. The smallest absolute Gasteiger partial charge is 0.159 e. The summed E-state index contributed by atoms with van der Waals surface area (Å²) in [6, 6.07) is 8.70. The molecule has 3 heteroatoms. The van der Waals surface area contributed by atoms with E-state index >= 15 is 0 Å². The van der Waals surface area contributed by atoms with Crippen LogP contribution >= 0.6 is 0 Å². The van der Waals surface area contributed by atoms with Crippen LogP contribution in [0.15, 0.2) is 48.8 Å². The number of benzene rings is 1. The lowest BCUT2D eigenvalue weighted by Crippen LogP contribution is -1.99. The average Bonchev–Trinajstić information content (AvgIpc) is 2.79. The van der Waals surface area contributed by atoms with Gasteiger partial charge < -0.3 is 4.74 Å². The van der Waals surface area contributed by atoms with E-state index in [1.165, 1.54) is 63.4 Å². The molecule has 0 N–H and O–H groups in total. The van der Waals surface area contributed by atoms with Crippen LogP contribution < -0.4 is 4.74 Å². The van der Waals surface area contributed by atoms with Gasteiger partial charge in [-0.3, -0.25) is 0 Å². The molecule has 0 atom stereocenters. The Labute approximate surface area is 184 Å². The van der Waals surface area contributed by atoms with Gasteiger partial charge in [0.2, 0.25) is 0 Å². The highest BCUT2D eigenvalue weighted by Crippen LogP contribution is 2.19. The summed E-state index contributed by atoms with van der Waals surface area (Å²) < 4.78 is 5.77. The second-order valence-corrected chi connectivity index (χ2v) is 8.08. The fourth-order valence-electron chi connectivity index (χ4n) is 3.54. The number of rotatable bonds is 16. The van der Waals surface area contributed by atoms with Crippen LogP contribution in [0.3, 0.4) is 0 Å². The molecule has 3 nitrogen and oxygen atoms in total. The third-order valence-corrected chi connectivity index (χ3v) is 5.43. The van der Waals surface area contributed by atoms with Gasteiger partial charge >= 0.3 is 0 Å². The van der Waals surface area contributed by atoms with Crippen LogP contribution in [0.1, 0.15) is 90.0 Å². The predicted molar refractivity (Wildman–Crippen MR) is 128 cm³/mol. The number of aryl methyl sites for hydroxylation is 1. The highest BCUT2D eigenvalue weighted by atomic mass is 16.5. The first kappa shape index (κ1) is 24.1. The van der Waals surface area contributed by atoms with Crippen LogP contribution in [0.2, 0.25) is 0 Å². The third kappa shape index (κ3) is 10.0. The van der Waals surface area contributed by atoms with Crippen molar-refractivity contribution in [1.29, 1.82) is 0 Å². The molecule has 1 heterocycles. The topological polar surface area (TPSA) is 35.0 Å². The zero-order chi connectivity index (χ0) is 21.3. The van der Waals surface area contributed by atoms with E-state index in [-0.39, 0.29) is 0 Å². The molecule has 0 unspecified atom stereocenters. The van der Waals surface area contributed by atoms with Crippen molar-refractivity contribution >= 4 is 0 Å². The summed E-state index contributed by atoms with van der Waals surface area (Å²) in [6.07, 6.45) is 23.2. The maximum atomic E-state index is 5.77. The number of ether oxygens (including phenoxy) is 1. The van der Waals surface area contributed by atoms with Crippen LogP contribution in [0.5, 0.6) is 5.75 Å². The van der Waals surface area contributed by atoms with E-state index in [1.807, 2.05) is 0 Å². The summed E-state index contributed by atoms with van der Waals surface area (Å²) >= 11 is 0. The second kappa shape index (κ2) is 15.6. The van der Waals surface area contributed by atoms with Gasteiger partial charge in [-0.15, -0.1) is 0 Å². The van der Waals surface area contributed by atoms with Crippen molar-refractivity contribution in [3.63, 3.8) is 0 Å². The van der Waals surface area contributed by atoms with Crippen LogP contribution in [0.4, 0.5) is 0 Å². The van der Waals surface area contributed by atoms with Gasteiger partial charge in [0.25, 0.3) is 0 Å². The molecule has 0 bridgehead atoms. The molecule has 0 aliphatic carbocycles. The van der Waals surface area contributed by atoms with E-state index < -0.39 is 0 Å². The van der Waals surface area contributed by atoms with Crippen molar-refractivity contribution in [3.05, 3.63) is 54.4 Å². The molecular weight excluding hydrogens is 368 g/mol. The summed E-state index contributed by atoms with van der Waals surface area (Å²) in [5, 5.41) is 0.